The second-order valence-corrected chi connectivity index (χ2v) is 13.1. The molecule has 1 heterocycles. The van der Waals surface area contributed by atoms with Crippen molar-refractivity contribution in [2.45, 2.75) is 39.5 Å². The average molecular weight is 566 g/mol. The number of rotatable bonds is 6. The van der Waals surface area contributed by atoms with Gasteiger partial charge in [-0.25, -0.2) is 0 Å². The smallest absolute Gasteiger partial charge is 0.152 e. The zero-order valence-corrected chi connectivity index (χ0v) is 23.9. The lowest BCUT2D eigenvalue weighted by Gasteiger charge is -2.25. The quantitative estimate of drug-likeness (QED) is 0.272. The third kappa shape index (κ3) is 4.17. The van der Waals surface area contributed by atoms with Crippen LogP contribution < -0.4 is 0 Å². The Kier molecular flexibility index (Phi) is 6.52. The van der Waals surface area contributed by atoms with Gasteiger partial charge in [0.1, 0.15) is 4.34 Å². The highest BCUT2D eigenvalue weighted by Crippen LogP contribution is 2.78. The van der Waals surface area contributed by atoms with E-state index in [4.69, 9.17) is 34.8 Å². The number of fused-ring (bicyclic) bond motifs is 2. The summed E-state index contributed by atoms with van der Waals surface area (Å²) in [6.07, 6.45) is 7.86. The fourth-order valence-corrected chi connectivity index (χ4v) is 8.62. The van der Waals surface area contributed by atoms with Crippen molar-refractivity contribution in [2.24, 2.45) is 17.3 Å². The van der Waals surface area contributed by atoms with Gasteiger partial charge in [-0.2, -0.15) is 0 Å². The molecule has 3 aromatic rings. The number of halogens is 3. The topological polar surface area (TPSA) is 17.1 Å². The number of allylic oxidation sites excluding steroid dienone is 4. The molecule has 3 aliphatic rings. The number of benzene rings is 2. The number of ketones is 1. The molecule has 0 amide bonds. The third-order valence-corrected chi connectivity index (χ3v) is 10.4. The Morgan fingerprint density at radius 2 is 1.86 bits per heavy atom. The van der Waals surface area contributed by atoms with Crippen molar-refractivity contribution in [2.75, 3.05) is 0 Å². The van der Waals surface area contributed by atoms with Gasteiger partial charge in [0.2, 0.25) is 0 Å². The van der Waals surface area contributed by atoms with Crippen molar-refractivity contribution >= 4 is 74.2 Å². The predicted octanol–water partition coefficient (Wildman–Crippen LogP) is 10.2. The first-order valence-electron chi connectivity index (χ1n) is 12.8. The molecule has 5 heteroatoms. The molecule has 1 nitrogen and oxygen atoms in total. The van der Waals surface area contributed by atoms with Gasteiger partial charge in [0.15, 0.2) is 5.78 Å². The van der Waals surface area contributed by atoms with Crippen LogP contribution in [0, 0.1) is 17.3 Å². The van der Waals surface area contributed by atoms with Crippen LogP contribution in [0.25, 0.3) is 22.3 Å². The molecule has 0 bridgehead atoms. The summed E-state index contributed by atoms with van der Waals surface area (Å²) >= 11 is 22.0. The van der Waals surface area contributed by atoms with Crippen LogP contribution in [0.2, 0.25) is 8.67 Å². The van der Waals surface area contributed by atoms with Gasteiger partial charge in [0, 0.05) is 5.56 Å². The molecule has 1 spiro atoms. The Labute approximate surface area is 237 Å². The van der Waals surface area contributed by atoms with Gasteiger partial charge >= 0.3 is 0 Å². The van der Waals surface area contributed by atoms with Gasteiger partial charge < -0.3 is 0 Å². The van der Waals surface area contributed by atoms with E-state index in [2.05, 4.69) is 55.5 Å². The van der Waals surface area contributed by atoms with Crippen LogP contribution in [0.15, 0.2) is 66.2 Å². The van der Waals surface area contributed by atoms with E-state index in [1.807, 2.05) is 12.1 Å². The molecule has 3 atom stereocenters. The lowest BCUT2D eigenvalue weighted by Crippen LogP contribution is -2.18. The summed E-state index contributed by atoms with van der Waals surface area (Å²) in [6.45, 7) is 3.74. The van der Waals surface area contributed by atoms with E-state index < -0.39 is 0 Å². The van der Waals surface area contributed by atoms with E-state index in [9.17, 15) is 4.79 Å². The maximum absolute atomic E-state index is 11.5. The molecule has 0 saturated heterocycles. The van der Waals surface area contributed by atoms with Crippen molar-refractivity contribution in [1.29, 1.82) is 0 Å². The van der Waals surface area contributed by atoms with E-state index in [0.717, 1.165) is 40.1 Å². The highest BCUT2D eigenvalue weighted by molar-refractivity contribution is 7.20. The third-order valence-electron chi connectivity index (χ3n) is 8.51. The fraction of sp³-hybridized carbons (Fsp3) is 0.281. The first kappa shape index (κ1) is 25.2. The summed E-state index contributed by atoms with van der Waals surface area (Å²) in [5, 5.41) is 0.867. The Morgan fingerprint density at radius 1 is 1.11 bits per heavy atom. The summed E-state index contributed by atoms with van der Waals surface area (Å²) in [5.74, 6) is 1.15. The lowest BCUT2D eigenvalue weighted by molar-refractivity contribution is -0.112. The zero-order valence-electron chi connectivity index (χ0n) is 20.8. The molecule has 2 saturated carbocycles. The molecule has 37 heavy (non-hydrogen) atoms. The average Bonchev–Trinajstić information content (AvgIpc) is 3.15. The maximum Gasteiger partial charge on any atom is 0.152 e. The first-order chi connectivity index (χ1) is 17.8. The maximum atomic E-state index is 11.5. The highest BCUT2D eigenvalue weighted by atomic mass is 35.5. The minimum atomic E-state index is 0.0328. The van der Waals surface area contributed by atoms with Crippen LogP contribution in [-0.4, -0.2) is 5.78 Å². The summed E-state index contributed by atoms with van der Waals surface area (Å²) in [4.78, 5) is 11.5. The Bertz CT molecular complexity index is 1510. The Morgan fingerprint density at radius 3 is 2.49 bits per heavy atom. The number of carbonyl (C=O) groups excluding carboxylic acids is 1. The largest absolute Gasteiger partial charge is 0.295 e. The molecule has 0 aliphatic heterocycles. The van der Waals surface area contributed by atoms with E-state index in [0.29, 0.717) is 25.9 Å². The molecule has 0 N–H and O–H groups in total. The summed E-state index contributed by atoms with van der Waals surface area (Å²) in [6, 6.07) is 19.1. The molecule has 3 aliphatic carbocycles. The van der Waals surface area contributed by atoms with Gasteiger partial charge in [-0.15, -0.1) is 11.3 Å². The zero-order chi connectivity index (χ0) is 25.9. The molecule has 0 radical (unpaired) electrons. The fourth-order valence-electron chi connectivity index (χ4n) is 6.70. The van der Waals surface area contributed by atoms with Gasteiger partial charge in [-0.3, -0.25) is 4.79 Å². The molecule has 2 aromatic carbocycles. The van der Waals surface area contributed by atoms with Crippen LogP contribution in [0.1, 0.15) is 60.9 Å². The van der Waals surface area contributed by atoms with Crippen LogP contribution in [0.5, 0.6) is 0 Å². The minimum Gasteiger partial charge on any atom is -0.295 e. The molecular formula is C32H27Cl3OS. The van der Waals surface area contributed by atoms with Crippen molar-refractivity contribution in [3.63, 3.8) is 0 Å². The molecule has 188 valence electrons. The normalized spacial score (nSPS) is 24.6. The van der Waals surface area contributed by atoms with Crippen molar-refractivity contribution in [1.82, 2.24) is 0 Å². The van der Waals surface area contributed by atoms with Crippen molar-refractivity contribution < 1.29 is 4.79 Å². The van der Waals surface area contributed by atoms with Gasteiger partial charge in [0.25, 0.3) is 0 Å². The monoisotopic (exact) mass is 564 g/mol. The van der Waals surface area contributed by atoms with E-state index in [1.54, 1.807) is 13.0 Å². The molecule has 1 aromatic heterocycles. The Hall–Kier alpha value is -2.10. The molecule has 3 unspecified atom stereocenters. The van der Waals surface area contributed by atoms with Gasteiger partial charge in [-0.1, -0.05) is 96.3 Å². The SMILES string of the molecule is CC/C(=C(\C1=C(Cl)c2ccccc2CC23CCC2C13)c1ccc(/C=C/C(C)=O)cc1)c1cc(Cl)sc1Cl. The lowest BCUT2D eigenvalue weighted by atomic mass is 9.79. The molecular weight excluding hydrogens is 539 g/mol. The number of hydrogen-bond donors (Lipinski definition) is 0. The molecule has 2 fully saturated rings. The second-order valence-electron chi connectivity index (χ2n) is 10.4. The number of thiophene rings is 1. The van der Waals surface area contributed by atoms with Crippen molar-refractivity contribution in [3.8, 4) is 0 Å². The van der Waals surface area contributed by atoms with Crippen LogP contribution in [-0.2, 0) is 11.2 Å². The van der Waals surface area contributed by atoms with E-state index in [-0.39, 0.29) is 5.78 Å². The first-order valence-corrected chi connectivity index (χ1v) is 14.7. The minimum absolute atomic E-state index is 0.0328. The van der Waals surface area contributed by atoms with Crippen LogP contribution >= 0.6 is 46.1 Å². The summed E-state index contributed by atoms with van der Waals surface area (Å²) < 4.78 is 1.39. The Balaban J connectivity index is 1.61. The predicted molar refractivity (Wildman–Crippen MR) is 159 cm³/mol. The van der Waals surface area contributed by atoms with Crippen LogP contribution in [0.3, 0.4) is 0 Å². The van der Waals surface area contributed by atoms with Gasteiger partial charge in [-0.05, 0) is 101 Å². The standard InChI is InChI=1S/C32H27Cl3OS/c1-3-22(24-16-26(33)37-31(24)35)27(20-12-10-19(11-13-20)9-8-18(2)36)28-29-25-14-15-32(25,29)17-21-6-4-5-7-23(21)30(28)34/h4-13,16,25,29H,3,14-15,17H2,1-2H3/b9-8+,27-22+. The van der Waals surface area contributed by atoms with Crippen molar-refractivity contribution in [3.05, 3.63) is 103 Å². The summed E-state index contributed by atoms with van der Waals surface area (Å²) in [5.41, 5.74) is 9.53. The summed E-state index contributed by atoms with van der Waals surface area (Å²) in [7, 11) is 0. The van der Waals surface area contributed by atoms with Crippen LogP contribution in [0.4, 0.5) is 0 Å². The van der Waals surface area contributed by atoms with Gasteiger partial charge in [0.05, 0.1) is 9.37 Å². The highest BCUT2D eigenvalue weighted by Gasteiger charge is 2.72. The van der Waals surface area contributed by atoms with E-state index in [1.165, 1.54) is 46.5 Å². The second kappa shape index (κ2) is 9.58. The molecule has 6 rings (SSSR count). The number of carbonyl (C=O) groups is 1. The van der Waals surface area contributed by atoms with E-state index >= 15 is 0 Å². The number of hydrogen-bond acceptors (Lipinski definition) is 2.